The first-order valence-electron chi connectivity index (χ1n) is 41.2. The number of likely N-dealkylation sites (N-methyl/N-ethyl adjacent to an activating group) is 1. The second kappa shape index (κ2) is 74.4. The number of aliphatic hydroxyl groups is 1. The lowest BCUT2D eigenvalue weighted by molar-refractivity contribution is -0.870. The maximum Gasteiger partial charge on any atom is 0.472 e. The maximum absolute atomic E-state index is 13.1. The molecule has 8 nitrogen and oxygen atoms in total. The van der Waals surface area contributed by atoms with Crippen LogP contribution in [-0.2, 0) is 18.4 Å². The molecule has 0 saturated heterocycles. The third-order valence-electron chi connectivity index (χ3n) is 18.9. The normalized spacial score (nSPS) is 13.8. The zero-order chi connectivity index (χ0) is 67.6. The summed E-state index contributed by atoms with van der Waals surface area (Å²) in [6.45, 7) is 4.84. The Kier molecular flexibility index (Phi) is 73.0. The van der Waals surface area contributed by atoms with E-state index >= 15 is 0 Å². The highest BCUT2D eigenvalue weighted by atomic mass is 31.2. The summed E-state index contributed by atoms with van der Waals surface area (Å²) < 4.78 is 23.9. The fourth-order valence-electron chi connectivity index (χ4n) is 12.6. The number of amides is 1. The number of unbranched alkanes of at least 4 members (excludes halogenated alkanes) is 56. The van der Waals surface area contributed by atoms with Crippen molar-refractivity contribution in [3.63, 3.8) is 0 Å². The molecular weight excluding hydrogens is 1160 g/mol. The largest absolute Gasteiger partial charge is 0.472 e. The van der Waals surface area contributed by atoms with Crippen molar-refractivity contribution in [2.24, 2.45) is 0 Å². The summed E-state index contributed by atoms with van der Waals surface area (Å²) >= 11 is 0. The Balaban J connectivity index is 3.95. The van der Waals surface area contributed by atoms with Crippen LogP contribution >= 0.6 is 7.82 Å². The molecule has 0 aliphatic heterocycles. The number of carbonyl (C=O) groups excluding carboxylic acids is 1. The molecule has 0 aromatic heterocycles. The van der Waals surface area contributed by atoms with Crippen LogP contribution < -0.4 is 5.32 Å². The Morgan fingerprint density at radius 2 is 0.624 bits per heavy atom. The minimum absolute atomic E-state index is 0.0545. The Morgan fingerprint density at radius 3 is 0.925 bits per heavy atom. The van der Waals surface area contributed by atoms with Crippen LogP contribution in [0.1, 0.15) is 418 Å². The summed E-state index contributed by atoms with van der Waals surface area (Å²) in [4.78, 5) is 23.5. The summed E-state index contributed by atoms with van der Waals surface area (Å²) in [6.07, 6.45) is 104. The third-order valence-corrected chi connectivity index (χ3v) is 19.9. The monoisotopic (exact) mass is 1330 g/mol. The molecule has 0 heterocycles. The first kappa shape index (κ1) is 91.2. The average molecular weight is 1330 g/mol. The molecule has 93 heavy (non-hydrogen) atoms. The third kappa shape index (κ3) is 77.4. The van der Waals surface area contributed by atoms with Crippen LogP contribution in [0.5, 0.6) is 0 Å². The zero-order valence-corrected chi connectivity index (χ0v) is 63.9. The van der Waals surface area contributed by atoms with Gasteiger partial charge in [0, 0.05) is 6.42 Å². The van der Waals surface area contributed by atoms with Crippen molar-refractivity contribution >= 4 is 13.7 Å². The van der Waals surface area contributed by atoms with Crippen molar-refractivity contribution in [2.75, 3.05) is 40.9 Å². The number of hydrogen-bond donors (Lipinski definition) is 3. The van der Waals surface area contributed by atoms with E-state index in [4.69, 9.17) is 9.05 Å². The van der Waals surface area contributed by atoms with Gasteiger partial charge in [0.1, 0.15) is 13.2 Å². The summed E-state index contributed by atoms with van der Waals surface area (Å²) in [5.74, 6) is -0.183. The molecule has 3 unspecified atom stereocenters. The average Bonchev–Trinajstić information content (AvgIpc) is 2.75. The predicted molar refractivity (Wildman–Crippen MR) is 410 cm³/mol. The highest BCUT2D eigenvalue weighted by Crippen LogP contribution is 2.43. The molecule has 0 saturated carbocycles. The van der Waals surface area contributed by atoms with Crippen LogP contribution in [0.3, 0.4) is 0 Å². The highest BCUT2D eigenvalue weighted by Gasteiger charge is 2.28. The lowest BCUT2D eigenvalue weighted by Gasteiger charge is -2.25. The molecular formula is C84H162N2O6P+. The number of quaternary nitrogens is 1. The summed E-state index contributed by atoms with van der Waals surface area (Å²) in [5.41, 5.74) is 0. The fourth-order valence-corrected chi connectivity index (χ4v) is 13.3. The van der Waals surface area contributed by atoms with Crippen molar-refractivity contribution in [1.29, 1.82) is 0 Å². The molecule has 9 heteroatoms. The van der Waals surface area contributed by atoms with E-state index in [2.05, 4.69) is 67.8 Å². The van der Waals surface area contributed by atoms with E-state index < -0.39 is 20.0 Å². The number of nitrogens with one attached hydrogen (secondary N) is 1. The number of allylic oxidation sites excluding steroid dienone is 9. The second-order valence-electron chi connectivity index (χ2n) is 29.5. The van der Waals surface area contributed by atoms with Crippen molar-refractivity contribution in [2.45, 2.75) is 431 Å². The molecule has 3 atom stereocenters. The first-order valence-corrected chi connectivity index (χ1v) is 42.7. The van der Waals surface area contributed by atoms with Gasteiger partial charge in [0.25, 0.3) is 0 Å². The van der Waals surface area contributed by atoms with Gasteiger partial charge in [-0.15, -0.1) is 0 Å². The van der Waals surface area contributed by atoms with E-state index in [1.54, 1.807) is 6.08 Å². The Morgan fingerprint density at radius 1 is 0.366 bits per heavy atom. The molecule has 548 valence electrons. The van der Waals surface area contributed by atoms with Crippen LogP contribution in [0.15, 0.2) is 60.8 Å². The standard InChI is InChI=1S/C84H161N2O6P/c1-6-8-10-12-14-16-18-20-22-24-26-28-30-32-34-36-38-39-40-41-42-43-44-45-46-47-48-50-52-54-56-58-60-62-64-66-68-70-72-74-76-78-84(88)85-82(81-92-93(89,90)91-80-79-86(3,4)5)83(87)77-75-73-71-69-67-65-63-61-59-57-55-53-51-49-37-35-33-31-29-27-25-23-21-19-17-15-13-11-9-7-2/h18,20,24,26,59,61,67,69,75,77,82-83,87H,6-17,19,21-23,25,27-58,60,62-66,68,70-74,76,78-81H2,1-5H3,(H-,85,88,89,90)/p+1/b20-18-,26-24-,61-59+,69-67+,77-75+. The number of phosphoric acid groups is 1. The Labute approximate surface area is 581 Å². The lowest BCUT2D eigenvalue weighted by atomic mass is 10.0. The van der Waals surface area contributed by atoms with Gasteiger partial charge in [0.05, 0.1) is 39.9 Å². The molecule has 0 fully saturated rings. The Bertz CT molecular complexity index is 1710. The zero-order valence-electron chi connectivity index (χ0n) is 63.0. The van der Waals surface area contributed by atoms with E-state index in [0.29, 0.717) is 17.4 Å². The molecule has 0 bridgehead atoms. The summed E-state index contributed by atoms with van der Waals surface area (Å²) in [5, 5.41) is 14.0. The van der Waals surface area contributed by atoms with Crippen LogP contribution in [0.25, 0.3) is 0 Å². The van der Waals surface area contributed by atoms with Gasteiger partial charge in [-0.1, -0.05) is 396 Å². The van der Waals surface area contributed by atoms with Crippen LogP contribution in [0.2, 0.25) is 0 Å². The molecule has 3 N–H and O–H groups in total. The van der Waals surface area contributed by atoms with Gasteiger partial charge >= 0.3 is 7.82 Å². The van der Waals surface area contributed by atoms with Gasteiger partial charge < -0.3 is 19.8 Å². The molecule has 0 rings (SSSR count). The molecule has 0 radical (unpaired) electrons. The van der Waals surface area contributed by atoms with Gasteiger partial charge in [-0.25, -0.2) is 4.57 Å². The number of carbonyl (C=O) groups is 1. The van der Waals surface area contributed by atoms with Gasteiger partial charge in [-0.05, 0) is 77.0 Å². The van der Waals surface area contributed by atoms with Crippen LogP contribution in [0, 0.1) is 0 Å². The highest BCUT2D eigenvalue weighted by molar-refractivity contribution is 7.47. The molecule has 0 aliphatic carbocycles. The number of hydrogen-bond acceptors (Lipinski definition) is 5. The molecule has 0 aromatic rings. The fraction of sp³-hybridized carbons (Fsp3) is 0.869. The second-order valence-corrected chi connectivity index (χ2v) is 30.9. The summed E-state index contributed by atoms with van der Waals surface area (Å²) in [6, 6.07) is -0.872. The van der Waals surface area contributed by atoms with Crippen molar-refractivity contribution < 1.29 is 32.9 Å². The molecule has 1 amide bonds. The van der Waals surface area contributed by atoms with Gasteiger partial charge in [0.15, 0.2) is 0 Å². The molecule has 0 aliphatic rings. The summed E-state index contributed by atoms with van der Waals surface area (Å²) in [7, 11) is 1.56. The van der Waals surface area contributed by atoms with E-state index in [-0.39, 0.29) is 19.1 Å². The number of rotatable bonds is 77. The maximum atomic E-state index is 13.1. The van der Waals surface area contributed by atoms with E-state index in [0.717, 1.165) is 51.4 Å². The minimum Gasteiger partial charge on any atom is -0.387 e. The van der Waals surface area contributed by atoms with Crippen LogP contribution in [0.4, 0.5) is 0 Å². The van der Waals surface area contributed by atoms with Gasteiger partial charge in [-0.3, -0.25) is 13.8 Å². The van der Waals surface area contributed by atoms with E-state index in [1.807, 2.05) is 27.2 Å². The van der Waals surface area contributed by atoms with Gasteiger partial charge in [-0.2, -0.15) is 0 Å². The van der Waals surface area contributed by atoms with Crippen LogP contribution in [-0.4, -0.2) is 73.4 Å². The van der Waals surface area contributed by atoms with E-state index in [1.165, 1.54) is 347 Å². The van der Waals surface area contributed by atoms with Crippen molar-refractivity contribution in [3.8, 4) is 0 Å². The number of aliphatic hydroxyl groups excluding tert-OH is 1. The molecule has 0 aromatic carbocycles. The minimum atomic E-state index is -4.37. The van der Waals surface area contributed by atoms with E-state index in [9.17, 15) is 19.4 Å². The number of nitrogens with zero attached hydrogens (tertiary/aromatic N) is 1. The number of phosphoric ester groups is 1. The first-order chi connectivity index (χ1) is 45.5. The van der Waals surface area contributed by atoms with Crippen molar-refractivity contribution in [3.05, 3.63) is 60.8 Å². The SMILES string of the molecule is CCCCCCC/C=C\C/C=C\CCCCCCCCCCCCCCCCCCCCCCCCCCCCCCCC(=O)NC(COP(=O)(O)OCC[N+](C)(C)C)C(O)/C=C/CC/C=C/CC/C=C/CCCCCCCCCCCCCCCCCCCCCC. The molecule has 0 spiro atoms. The topological polar surface area (TPSA) is 105 Å². The van der Waals surface area contributed by atoms with Crippen molar-refractivity contribution in [1.82, 2.24) is 5.32 Å². The lowest BCUT2D eigenvalue weighted by Crippen LogP contribution is -2.45. The quantitative estimate of drug-likeness (QED) is 0.0243. The Hall–Kier alpha value is -1.80. The predicted octanol–water partition coefficient (Wildman–Crippen LogP) is 27.1. The smallest absolute Gasteiger partial charge is 0.387 e. The van der Waals surface area contributed by atoms with Gasteiger partial charge in [0.2, 0.25) is 5.91 Å².